The lowest BCUT2D eigenvalue weighted by Crippen LogP contribution is -2.14. The molecular formula is C15H20N2O2S. The number of benzene rings is 1. The van der Waals surface area contributed by atoms with Gasteiger partial charge in [0.2, 0.25) is 0 Å². The van der Waals surface area contributed by atoms with Crippen LogP contribution in [0.2, 0.25) is 0 Å². The fourth-order valence-electron chi connectivity index (χ4n) is 1.86. The largest absolute Gasteiger partial charge is 0.491 e. The van der Waals surface area contributed by atoms with E-state index in [9.17, 15) is 0 Å². The third kappa shape index (κ3) is 4.30. The summed E-state index contributed by atoms with van der Waals surface area (Å²) < 4.78 is 5.51. The van der Waals surface area contributed by atoms with Gasteiger partial charge in [-0.3, -0.25) is 0 Å². The number of aliphatic hydroxyl groups is 1. The SMILES string of the molecule is CCc1nc(CNCc2ccccc2OCCO)cs1. The predicted molar refractivity (Wildman–Crippen MR) is 81.1 cm³/mol. The summed E-state index contributed by atoms with van der Waals surface area (Å²) in [4.78, 5) is 4.52. The van der Waals surface area contributed by atoms with Gasteiger partial charge in [-0.1, -0.05) is 25.1 Å². The number of nitrogens with one attached hydrogen (secondary N) is 1. The number of aromatic nitrogens is 1. The molecule has 108 valence electrons. The zero-order chi connectivity index (χ0) is 14.2. The Kier molecular flexibility index (Phi) is 5.98. The van der Waals surface area contributed by atoms with Gasteiger partial charge in [-0.2, -0.15) is 0 Å². The zero-order valence-electron chi connectivity index (χ0n) is 11.6. The Morgan fingerprint density at radius 3 is 2.90 bits per heavy atom. The van der Waals surface area contributed by atoms with Crippen molar-refractivity contribution in [2.45, 2.75) is 26.4 Å². The van der Waals surface area contributed by atoms with Gasteiger partial charge >= 0.3 is 0 Å². The Labute approximate surface area is 123 Å². The summed E-state index contributed by atoms with van der Waals surface area (Å²) in [6.07, 6.45) is 0.989. The van der Waals surface area contributed by atoms with Gasteiger partial charge in [0.1, 0.15) is 12.4 Å². The Morgan fingerprint density at radius 2 is 2.15 bits per heavy atom. The summed E-state index contributed by atoms with van der Waals surface area (Å²) in [5.74, 6) is 0.821. The number of hydrogen-bond donors (Lipinski definition) is 2. The van der Waals surface area contributed by atoms with Gasteiger partial charge in [0.25, 0.3) is 0 Å². The van der Waals surface area contributed by atoms with Crippen molar-refractivity contribution < 1.29 is 9.84 Å². The van der Waals surface area contributed by atoms with E-state index in [1.54, 1.807) is 11.3 Å². The van der Waals surface area contributed by atoms with Crippen molar-refractivity contribution in [3.8, 4) is 5.75 Å². The highest BCUT2D eigenvalue weighted by atomic mass is 32.1. The summed E-state index contributed by atoms with van der Waals surface area (Å²) in [6.45, 7) is 3.94. The van der Waals surface area contributed by atoms with E-state index in [0.29, 0.717) is 6.61 Å². The summed E-state index contributed by atoms with van der Waals surface area (Å²) in [5, 5.41) is 15.5. The maximum Gasteiger partial charge on any atom is 0.123 e. The van der Waals surface area contributed by atoms with Crippen LogP contribution in [0.15, 0.2) is 29.6 Å². The van der Waals surface area contributed by atoms with Gasteiger partial charge in [0.05, 0.1) is 17.3 Å². The first-order chi connectivity index (χ1) is 9.83. The van der Waals surface area contributed by atoms with Crippen molar-refractivity contribution in [3.63, 3.8) is 0 Å². The van der Waals surface area contributed by atoms with E-state index < -0.39 is 0 Å². The van der Waals surface area contributed by atoms with Gasteiger partial charge in [0, 0.05) is 24.0 Å². The Bertz CT molecular complexity index is 528. The van der Waals surface area contributed by atoms with Crippen LogP contribution >= 0.6 is 11.3 Å². The average molecular weight is 292 g/mol. The molecule has 4 nitrogen and oxygen atoms in total. The molecule has 1 aromatic carbocycles. The number of aliphatic hydroxyl groups excluding tert-OH is 1. The molecule has 0 atom stereocenters. The molecule has 1 aromatic heterocycles. The number of para-hydroxylation sites is 1. The number of ether oxygens (including phenoxy) is 1. The van der Waals surface area contributed by atoms with E-state index in [2.05, 4.69) is 22.6 Å². The van der Waals surface area contributed by atoms with Crippen molar-refractivity contribution in [2.75, 3.05) is 13.2 Å². The molecule has 0 unspecified atom stereocenters. The van der Waals surface area contributed by atoms with Crippen molar-refractivity contribution in [1.29, 1.82) is 0 Å². The van der Waals surface area contributed by atoms with E-state index >= 15 is 0 Å². The normalized spacial score (nSPS) is 10.7. The molecule has 0 bridgehead atoms. The fraction of sp³-hybridized carbons (Fsp3) is 0.400. The molecule has 0 aliphatic rings. The third-order valence-corrected chi connectivity index (χ3v) is 3.89. The molecule has 5 heteroatoms. The monoisotopic (exact) mass is 292 g/mol. The van der Waals surface area contributed by atoms with Gasteiger partial charge < -0.3 is 15.2 Å². The molecule has 2 N–H and O–H groups in total. The first-order valence-electron chi connectivity index (χ1n) is 6.79. The van der Waals surface area contributed by atoms with E-state index in [1.807, 2.05) is 24.3 Å². The van der Waals surface area contributed by atoms with Gasteiger partial charge in [-0.05, 0) is 12.5 Å². The second kappa shape index (κ2) is 7.99. The van der Waals surface area contributed by atoms with Crippen LogP contribution in [0.3, 0.4) is 0 Å². The summed E-state index contributed by atoms with van der Waals surface area (Å²) in [5.41, 5.74) is 2.17. The maximum absolute atomic E-state index is 8.82. The van der Waals surface area contributed by atoms with E-state index in [0.717, 1.165) is 36.5 Å². The maximum atomic E-state index is 8.82. The van der Waals surface area contributed by atoms with Gasteiger partial charge in [0.15, 0.2) is 0 Å². The first kappa shape index (κ1) is 15.0. The fourth-order valence-corrected chi connectivity index (χ4v) is 2.61. The molecule has 0 aliphatic heterocycles. The molecule has 20 heavy (non-hydrogen) atoms. The first-order valence-corrected chi connectivity index (χ1v) is 7.67. The lowest BCUT2D eigenvalue weighted by Gasteiger charge is -2.10. The minimum atomic E-state index is 0.0282. The van der Waals surface area contributed by atoms with Crippen LogP contribution in [0.1, 0.15) is 23.2 Å². The number of thiazole rings is 1. The van der Waals surface area contributed by atoms with Crippen molar-refractivity contribution in [1.82, 2.24) is 10.3 Å². The van der Waals surface area contributed by atoms with E-state index in [1.165, 1.54) is 5.01 Å². The predicted octanol–water partition coefficient (Wildman–Crippen LogP) is 2.37. The number of rotatable bonds is 8. The third-order valence-electron chi connectivity index (χ3n) is 2.84. The van der Waals surface area contributed by atoms with Crippen LogP contribution < -0.4 is 10.1 Å². The number of aryl methyl sites for hydroxylation is 1. The molecule has 0 fully saturated rings. The summed E-state index contributed by atoms with van der Waals surface area (Å²) in [6, 6.07) is 7.87. The zero-order valence-corrected chi connectivity index (χ0v) is 12.4. The van der Waals surface area contributed by atoms with Crippen LogP contribution in [0.5, 0.6) is 5.75 Å². The highest BCUT2D eigenvalue weighted by Gasteiger charge is 2.04. The van der Waals surface area contributed by atoms with Gasteiger partial charge in [-0.25, -0.2) is 4.98 Å². The van der Waals surface area contributed by atoms with Crippen LogP contribution in [0.25, 0.3) is 0 Å². The Morgan fingerprint density at radius 1 is 1.30 bits per heavy atom. The smallest absolute Gasteiger partial charge is 0.123 e. The van der Waals surface area contributed by atoms with Gasteiger partial charge in [-0.15, -0.1) is 11.3 Å². The van der Waals surface area contributed by atoms with E-state index in [-0.39, 0.29) is 6.61 Å². The molecule has 0 saturated carbocycles. The van der Waals surface area contributed by atoms with Crippen LogP contribution in [0, 0.1) is 0 Å². The molecule has 0 aliphatic carbocycles. The lowest BCUT2D eigenvalue weighted by molar-refractivity contribution is 0.200. The number of hydrogen-bond acceptors (Lipinski definition) is 5. The van der Waals surface area contributed by atoms with Crippen LogP contribution in [-0.4, -0.2) is 23.3 Å². The minimum Gasteiger partial charge on any atom is -0.491 e. The molecule has 0 amide bonds. The molecule has 0 saturated heterocycles. The second-order valence-electron chi connectivity index (χ2n) is 4.37. The average Bonchev–Trinajstić information content (AvgIpc) is 2.94. The molecule has 2 aromatic rings. The molecule has 0 radical (unpaired) electrons. The topological polar surface area (TPSA) is 54.4 Å². The van der Waals surface area contributed by atoms with Crippen molar-refractivity contribution in [3.05, 3.63) is 45.9 Å². The highest BCUT2D eigenvalue weighted by Crippen LogP contribution is 2.18. The summed E-state index contributed by atoms with van der Waals surface area (Å²) >= 11 is 1.71. The molecule has 2 rings (SSSR count). The standard InChI is InChI=1S/C15H20N2O2S/c1-2-15-17-13(11-20-15)10-16-9-12-5-3-4-6-14(12)19-8-7-18/h3-6,11,16,18H,2,7-10H2,1H3. The van der Waals surface area contributed by atoms with Crippen LogP contribution in [-0.2, 0) is 19.5 Å². The molecule has 0 spiro atoms. The minimum absolute atomic E-state index is 0.0282. The lowest BCUT2D eigenvalue weighted by atomic mass is 10.2. The number of nitrogens with zero attached hydrogens (tertiary/aromatic N) is 1. The Hall–Kier alpha value is -1.43. The van der Waals surface area contributed by atoms with Crippen molar-refractivity contribution >= 4 is 11.3 Å². The van der Waals surface area contributed by atoms with E-state index in [4.69, 9.17) is 9.84 Å². The Balaban J connectivity index is 1.87. The quantitative estimate of drug-likeness (QED) is 0.784. The highest BCUT2D eigenvalue weighted by molar-refractivity contribution is 7.09. The second-order valence-corrected chi connectivity index (χ2v) is 5.31. The summed E-state index contributed by atoms with van der Waals surface area (Å²) in [7, 11) is 0. The van der Waals surface area contributed by atoms with Crippen molar-refractivity contribution in [2.24, 2.45) is 0 Å². The molecule has 1 heterocycles. The molecular weight excluding hydrogens is 272 g/mol. The van der Waals surface area contributed by atoms with Crippen LogP contribution in [0.4, 0.5) is 0 Å².